The Morgan fingerprint density at radius 1 is 1.36 bits per heavy atom. The fraction of sp³-hybridized carbons (Fsp3) is 0.588. The molecule has 22 heavy (non-hydrogen) atoms. The highest BCUT2D eigenvalue weighted by Crippen LogP contribution is 2.35. The van der Waals surface area contributed by atoms with Gasteiger partial charge in [-0.05, 0) is 43.8 Å². The predicted molar refractivity (Wildman–Crippen MR) is 91.2 cm³/mol. The number of amides is 1. The van der Waals surface area contributed by atoms with Crippen LogP contribution >= 0.6 is 12.4 Å². The molecule has 2 aliphatic heterocycles. The van der Waals surface area contributed by atoms with Gasteiger partial charge in [0.05, 0.1) is 12.6 Å². The Hall–Kier alpha value is -1.10. The van der Waals surface area contributed by atoms with Gasteiger partial charge in [0.2, 0.25) is 5.91 Å². The maximum absolute atomic E-state index is 12.2. The van der Waals surface area contributed by atoms with Crippen LogP contribution in [0.2, 0.25) is 0 Å². The molecule has 2 unspecified atom stereocenters. The Morgan fingerprint density at radius 2 is 2.14 bits per heavy atom. The molecular formula is C17H26ClN3O. The van der Waals surface area contributed by atoms with E-state index in [2.05, 4.69) is 27.7 Å². The molecule has 122 valence electrons. The maximum Gasteiger partial charge on any atom is 0.234 e. The molecule has 1 spiro atoms. The molecule has 1 aromatic rings. The Morgan fingerprint density at radius 3 is 2.82 bits per heavy atom. The van der Waals surface area contributed by atoms with Crippen molar-refractivity contribution < 1.29 is 4.79 Å². The normalized spacial score (nSPS) is 25.9. The molecule has 2 saturated heterocycles. The van der Waals surface area contributed by atoms with Crippen molar-refractivity contribution in [1.29, 1.82) is 0 Å². The number of rotatable bonds is 4. The van der Waals surface area contributed by atoms with E-state index in [1.165, 1.54) is 12.8 Å². The molecule has 2 heterocycles. The molecule has 2 fully saturated rings. The van der Waals surface area contributed by atoms with Crippen LogP contribution in [0, 0.1) is 5.41 Å². The summed E-state index contributed by atoms with van der Waals surface area (Å²) in [7, 11) is 0. The SMILES string of the molecule is CC(NC(=O)CN1CCC2(CCNC2)C1)c1ccccc1.Cl. The second-order valence-electron chi connectivity index (χ2n) is 6.59. The van der Waals surface area contributed by atoms with E-state index in [9.17, 15) is 4.79 Å². The molecule has 3 rings (SSSR count). The number of carbonyl (C=O) groups excluding carboxylic acids is 1. The van der Waals surface area contributed by atoms with Crippen molar-refractivity contribution in [2.75, 3.05) is 32.7 Å². The van der Waals surface area contributed by atoms with E-state index in [0.717, 1.165) is 31.7 Å². The van der Waals surface area contributed by atoms with Crippen LogP contribution in [-0.4, -0.2) is 43.5 Å². The van der Waals surface area contributed by atoms with Crippen molar-refractivity contribution in [2.45, 2.75) is 25.8 Å². The molecule has 0 aliphatic carbocycles. The minimum Gasteiger partial charge on any atom is -0.348 e. The van der Waals surface area contributed by atoms with Gasteiger partial charge < -0.3 is 10.6 Å². The van der Waals surface area contributed by atoms with Gasteiger partial charge in [0.25, 0.3) is 0 Å². The number of carbonyl (C=O) groups is 1. The number of likely N-dealkylation sites (tertiary alicyclic amines) is 1. The molecule has 0 aromatic heterocycles. The minimum atomic E-state index is 0. The quantitative estimate of drug-likeness (QED) is 0.890. The molecule has 5 heteroatoms. The number of benzene rings is 1. The molecule has 0 bridgehead atoms. The lowest BCUT2D eigenvalue weighted by Crippen LogP contribution is -2.38. The standard InChI is InChI=1S/C17H25N3O.ClH/c1-14(15-5-3-2-4-6-15)19-16(21)11-20-10-8-17(13-20)7-9-18-12-17;/h2-6,14,18H,7-13H2,1H3,(H,19,21);1H. The van der Waals surface area contributed by atoms with Gasteiger partial charge in [-0.3, -0.25) is 9.69 Å². The van der Waals surface area contributed by atoms with Gasteiger partial charge in [-0.2, -0.15) is 0 Å². The highest BCUT2D eigenvalue weighted by Gasteiger charge is 2.40. The summed E-state index contributed by atoms with van der Waals surface area (Å²) in [5.74, 6) is 0.134. The largest absolute Gasteiger partial charge is 0.348 e. The maximum atomic E-state index is 12.2. The van der Waals surface area contributed by atoms with E-state index in [-0.39, 0.29) is 24.4 Å². The van der Waals surface area contributed by atoms with E-state index in [0.29, 0.717) is 12.0 Å². The fourth-order valence-electron chi connectivity index (χ4n) is 3.62. The summed E-state index contributed by atoms with van der Waals surface area (Å²) < 4.78 is 0. The van der Waals surface area contributed by atoms with Crippen LogP contribution in [0.15, 0.2) is 30.3 Å². The van der Waals surface area contributed by atoms with Gasteiger partial charge in [0.15, 0.2) is 0 Å². The third-order valence-electron chi connectivity index (χ3n) is 4.89. The monoisotopic (exact) mass is 323 g/mol. The highest BCUT2D eigenvalue weighted by molar-refractivity contribution is 5.85. The first-order valence-corrected chi connectivity index (χ1v) is 7.94. The molecule has 4 nitrogen and oxygen atoms in total. The lowest BCUT2D eigenvalue weighted by molar-refractivity contribution is -0.122. The van der Waals surface area contributed by atoms with Crippen LogP contribution < -0.4 is 10.6 Å². The van der Waals surface area contributed by atoms with Crippen LogP contribution in [0.5, 0.6) is 0 Å². The molecular weight excluding hydrogens is 298 g/mol. The molecule has 1 amide bonds. The smallest absolute Gasteiger partial charge is 0.234 e. The lowest BCUT2D eigenvalue weighted by atomic mass is 9.87. The summed E-state index contributed by atoms with van der Waals surface area (Å²) in [6.07, 6.45) is 2.48. The van der Waals surface area contributed by atoms with Crippen LogP contribution in [-0.2, 0) is 4.79 Å². The van der Waals surface area contributed by atoms with Gasteiger partial charge in [-0.15, -0.1) is 12.4 Å². The Kier molecular flexibility index (Phi) is 5.84. The van der Waals surface area contributed by atoms with Crippen molar-refractivity contribution in [3.05, 3.63) is 35.9 Å². The summed E-state index contributed by atoms with van der Waals surface area (Å²) in [4.78, 5) is 14.5. The van der Waals surface area contributed by atoms with Crippen LogP contribution in [0.4, 0.5) is 0 Å². The van der Waals surface area contributed by atoms with Crippen molar-refractivity contribution in [1.82, 2.24) is 15.5 Å². The topological polar surface area (TPSA) is 44.4 Å². The first-order valence-electron chi connectivity index (χ1n) is 7.94. The Balaban J connectivity index is 0.00000176. The van der Waals surface area contributed by atoms with Crippen molar-refractivity contribution >= 4 is 18.3 Å². The average Bonchev–Trinajstić information content (AvgIpc) is 3.10. The van der Waals surface area contributed by atoms with Crippen LogP contribution in [0.3, 0.4) is 0 Å². The third-order valence-corrected chi connectivity index (χ3v) is 4.89. The number of hydrogen-bond donors (Lipinski definition) is 2. The molecule has 0 saturated carbocycles. The zero-order chi connectivity index (χ0) is 14.7. The zero-order valence-corrected chi connectivity index (χ0v) is 14.0. The molecule has 0 radical (unpaired) electrons. The van der Waals surface area contributed by atoms with E-state index in [1.807, 2.05) is 25.1 Å². The van der Waals surface area contributed by atoms with Crippen molar-refractivity contribution in [2.24, 2.45) is 5.41 Å². The third kappa shape index (κ3) is 4.00. The highest BCUT2D eigenvalue weighted by atomic mass is 35.5. The first kappa shape index (κ1) is 17.3. The van der Waals surface area contributed by atoms with Crippen molar-refractivity contribution in [3.8, 4) is 0 Å². The van der Waals surface area contributed by atoms with Gasteiger partial charge >= 0.3 is 0 Å². The number of nitrogens with zero attached hydrogens (tertiary/aromatic N) is 1. The zero-order valence-electron chi connectivity index (χ0n) is 13.2. The van der Waals surface area contributed by atoms with E-state index in [4.69, 9.17) is 0 Å². The van der Waals surface area contributed by atoms with Crippen LogP contribution in [0.1, 0.15) is 31.4 Å². The Bertz CT molecular complexity index is 488. The van der Waals surface area contributed by atoms with E-state index in [1.54, 1.807) is 0 Å². The number of hydrogen-bond acceptors (Lipinski definition) is 3. The second-order valence-corrected chi connectivity index (χ2v) is 6.59. The van der Waals surface area contributed by atoms with Gasteiger partial charge in [0, 0.05) is 13.1 Å². The van der Waals surface area contributed by atoms with Crippen LogP contribution in [0.25, 0.3) is 0 Å². The van der Waals surface area contributed by atoms with E-state index < -0.39 is 0 Å². The number of nitrogens with one attached hydrogen (secondary N) is 2. The summed E-state index contributed by atoms with van der Waals surface area (Å²) in [6.45, 7) is 6.93. The summed E-state index contributed by atoms with van der Waals surface area (Å²) >= 11 is 0. The van der Waals surface area contributed by atoms with Gasteiger partial charge in [0.1, 0.15) is 0 Å². The molecule has 1 aromatic carbocycles. The lowest BCUT2D eigenvalue weighted by Gasteiger charge is -2.23. The van der Waals surface area contributed by atoms with Crippen molar-refractivity contribution in [3.63, 3.8) is 0 Å². The van der Waals surface area contributed by atoms with Gasteiger partial charge in [-0.1, -0.05) is 30.3 Å². The Labute approximate surface area is 139 Å². The first-order chi connectivity index (χ1) is 10.2. The van der Waals surface area contributed by atoms with Gasteiger partial charge in [-0.25, -0.2) is 0 Å². The predicted octanol–water partition coefficient (Wildman–Crippen LogP) is 1.97. The molecule has 2 atom stereocenters. The molecule has 2 aliphatic rings. The summed E-state index contributed by atoms with van der Waals surface area (Å²) in [6, 6.07) is 10.2. The van der Waals surface area contributed by atoms with E-state index >= 15 is 0 Å². The summed E-state index contributed by atoms with van der Waals surface area (Å²) in [5, 5.41) is 6.56. The minimum absolute atomic E-state index is 0. The number of halogens is 1. The average molecular weight is 324 g/mol. The fourth-order valence-corrected chi connectivity index (χ4v) is 3.62. The summed E-state index contributed by atoms with van der Waals surface area (Å²) in [5.41, 5.74) is 1.59. The second kappa shape index (κ2) is 7.44. The molecule has 2 N–H and O–H groups in total.